The summed E-state index contributed by atoms with van der Waals surface area (Å²) in [5.74, 6) is -0.840. The first-order valence-corrected chi connectivity index (χ1v) is 17.6. The van der Waals surface area contributed by atoms with Crippen LogP contribution in [0.15, 0.2) is 97.6 Å². The highest BCUT2D eigenvalue weighted by atomic mass is 28.4. The van der Waals surface area contributed by atoms with E-state index in [1.807, 2.05) is 36.4 Å². The van der Waals surface area contributed by atoms with Crippen molar-refractivity contribution in [2.75, 3.05) is 19.5 Å². The molecule has 0 saturated carbocycles. The van der Waals surface area contributed by atoms with E-state index in [-0.39, 0.29) is 28.6 Å². The number of nitrogens with two attached hydrogens (primary N) is 1. The van der Waals surface area contributed by atoms with Crippen LogP contribution in [0.4, 0.5) is 5.82 Å². The van der Waals surface area contributed by atoms with Crippen molar-refractivity contribution in [2.45, 2.75) is 50.3 Å². The number of hydrogen-bond donors (Lipinski definition) is 1. The minimum absolute atomic E-state index is 0.186. The zero-order valence-corrected chi connectivity index (χ0v) is 28.0. The van der Waals surface area contributed by atoms with E-state index in [4.69, 9.17) is 24.5 Å². The van der Waals surface area contributed by atoms with Crippen LogP contribution in [0.3, 0.4) is 0 Å². The molecule has 0 aliphatic carbocycles. The highest BCUT2D eigenvalue weighted by Crippen LogP contribution is 2.43. The third-order valence-electron chi connectivity index (χ3n) is 9.07. The maximum Gasteiger partial charge on any atom is 0.285 e. The number of aromatic nitrogens is 4. The lowest BCUT2D eigenvalue weighted by molar-refractivity contribution is -0.139. The van der Waals surface area contributed by atoms with Crippen LogP contribution >= 0.6 is 0 Å². The molecule has 48 heavy (non-hydrogen) atoms. The monoisotopic (exact) mass is 664 g/mol. The molecule has 2 amide bonds. The molecule has 4 heterocycles. The fraction of sp³-hybridized carbons (Fsp3) is 0.286. The summed E-state index contributed by atoms with van der Waals surface area (Å²) < 4.78 is 22.3. The van der Waals surface area contributed by atoms with E-state index < -0.39 is 44.7 Å². The molecule has 2 N–H and O–H groups in total. The third-order valence-corrected chi connectivity index (χ3v) is 14.1. The van der Waals surface area contributed by atoms with Crippen LogP contribution in [-0.2, 0) is 18.7 Å². The molecule has 2 aliphatic heterocycles. The molecule has 0 bridgehead atoms. The second-order valence-corrected chi connectivity index (χ2v) is 17.1. The molecule has 0 radical (unpaired) electrons. The van der Waals surface area contributed by atoms with Gasteiger partial charge in [-0.2, -0.15) is 0 Å². The van der Waals surface area contributed by atoms with Gasteiger partial charge >= 0.3 is 0 Å². The molecule has 2 aromatic heterocycles. The first-order valence-electron chi connectivity index (χ1n) is 15.7. The quantitative estimate of drug-likeness (QED) is 0.184. The molecule has 5 aromatic rings. The van der Waals surface area contributed by atoms with Gasteiger partial charge < -0.3 is 19.6 Å². The molecule has 12 nitrogen and oxygen atoms in total. The molecule has 7 rings (SSSR count). The number of imide groups is 1. The zero-order valence-electron chi connectivity index (χ0n) is 27.0. The number of hydroxylamine groups is 2. The van der Waals surface area contributed by atoms with Crippen LogP contribution in [0.2, 0.25) is 5.04 Å². The summed E-state index contributed by atoms with van der Waals surface area (Å²) in [5.41, 5.74) is 7.57. The van der Waals surface area contributed by atoms with E-state index >= 15 is 0 Å². The Morgan fingerprint density at radius 1 is 0.833 bits per heavy atom. The number of benzene rings is 3. The summed E-state index contributed by atoms with van der Waals surface area (Å²) >= 11 is 0. The fourth-order valence-electron chi connectivity index (χ4n) is 6.84. The number of anilines is 1. The number of hydrogen-bond acceptors (Lipinski definition) is 10. The number of imidazole rings is 1. The minimum Gasteiger partial charge on any atom is -0.399 e. The van der Waals surface area contributed by atoms with E-state index in [0.717, 1.165) is 15.4 Å². The molecule has 246 valence electrons. The van der Waals surface area contributed by atoms with E-state index in [2.05, 4.69) is 60.0 Å². The van der Waals surface area contributed by atoms with Gasteiger partial charge in [-0.25, -0.2) is 15.0 Å². The Kier molecular flexibility index (Phi) is 8.17. The number of amides is 2. The van der Waals surface area contributed by atoms with E-state index in [1.165, 1.54) is 6.33 Å². The van der Waals surface area contributed by atoms with Crippen LogP contribution in [0, 0.1) is 0 Å². The summed E-state index contributed by atoms with van der Waals surface area (Å²) in [5, 5.41) is 2.55. The van der Waals surface area contributed by atoms with Crippen molar-refractivity contribution >= 4 is 47.5 Å². The van der Waals surface area contributed by atoms with E-state index in [1.54, 1.807) is 42.3 Å². The Bertz CT molecular complexity index is 1890. The van der Waals surface area contributed by atoms with Gasteiger partial charge in [-0.1, -0.05) is 93.6 Å². The van der Waals surface area contributed by atoms with Crippen molar-refractivity contribution in [3.63, 3.8) is 0 Å². The number of fused-ring (bicyclic) bond motifs is 2. The van der Waals surface area contributed by atoms with Gasteiger partial charge in [-0.3, -0.25) is 19.0 Å². The topological polar surface area (TPSA) is 144 Å². The normalized spacial score (nSPS) is 21.3. The SMILES string of the molecule is CO[C@@H]1[C@H](O[Si](c2ccccc2)(c2ccccc2)C(C)(C)C)[C@@H](CON2C(=O)c3ccccc3C2=O)O[C@H]1n1cnc2c(N)ncnc21. The Morgan fingerprint density at radius 3 is 1.98 bits per heavy atom. The summed E-state index contributed by atoms with van der Waals surface area (Å²) in [7, 11) is -1.57. The number of nitrogens with zero attached hydrogens (tertiary/aromatic N) is 5. The molecular weight excluding hydrogens is 629 g/mol. The summed E-state index contributed by atoms with van der Waals surface area (Å²) in [6.07, 6.45) is -0.0733. The van der Waals surface area contributed by atoms with E-state index in [0.29, 0.717) is 11.2 Å². The molecule has 0 spiro atoms. The van der Waals surface area contributed by atoms with Crippen molar-refractivity contribution in [2.24, 2.45) is 0 Å². The predicted molar refractivity (Wildman–Crippen MR) is 180 cm³/mol. The lowest BCUT2D eigenvalue weighted by atomic mass is 10.1. The van der Waals surface area contributed by atoms with Crippen LogP contribution in [0.1, 0.15) is 47.7 Å². The van der Waals surface area contributed by atoms with Gasteiger partial charge in [0, 0.05) is 7.11 Å². The van der Waals surface area contributed by atoms with Gasteiger partial charge in [-0.05, 0) is 27.5 Å². The largest absolute Gasteiger partial charge is 0.399 e. The molecule has 2 aliphatic rings. The van der Waals surface area contributed by atoms with Gasteiger partial charge in [0.05, 0.1) is 17.5 Å². The first-order chi connectivity index (χ1) is 23.2. The second kappa shape index (κ2) is 12.3. The lowest BCUT2D eigenvalue weighted by Crippen LogP contribution is -2.69. The Morgan fingerprint density at radius 2 is 1.42 bits per heavy atom. The number of ether oxygens (including phenoxy) is 2. The summed E-state index contributed by atoms with van der Waals surface area (Å²) in [4.78, 5) is 45.4. The van der Waals surface area contributed by atoms with Crippen molar-refractivity contribution in [1.82, 2.24) is 24.6 Å². The van der Waals surface area contributed by atoms with E-state index in [9.17, 15) is 9.59 Å². The first kappa shape index (κ1) is 31.8. The highest BCUT2D eigenvalue weighted by molar-refractivity contribution is 6.99. The Labute approximate surface area is 278 Å². The molecule has 4 atom stereocenters. The van der Waals surface area contributed by atoms with Gasteiger partial charge in [-0.15, -0.1) is 5.06 Å². The molecule has 1 saturated heterocycles. The van der Waals surface area contributed by atoms with Crippen molar-refractivity contribution in [1.29, 1.82) is 0 Å². The smallest absolute Gasteiger partial charge is 0.285 e. The van der Waals surface area contributed by atoms with Crippen molar-refractivity contribution < 1.29 is 28.3 Å². The average molecular weight is 665 g/mol. The number of nitrogen functional groups attached to an aromatic ring is 1. The molecule has 3 aromatic carbocycles. The van der Waals surface area contributed by atoms with Crippen LogP contribution < -0.4 is 16.1 Å². The van der Waals surface area contributed by atoms with Gasteiger partial charge in [0.15, 0.2) is 17.7 Å². The standard InChI is InChI=1S/C35H36N6O6Si/c1-35(2,3)48(22-13-7-5-8-14-22,23-15-9-6-10-16-23)47-28-26(19-45-41-32(42)24-17-11-12-18-25(24)33(41)43)46-34(29(28)44-4)40-21-39-27-30(36)37-20-38-31(27)40/h5-18,20-21,26,28-29,34H,19H2,1-4H3,(H2,36,37,38)/t26-,28-,29-,34-/m1/s1. The highest BCUT2D eigenvalue weighted by Gasteiger charge is 2.57. The van der Waals surface area contributed by atoms with Crippen LogP contribution in [0.5, 0.6) is 0 Å². The Balaban J connectivity index is 1.32. The van der Waals surface area contributed by atoms with Gasteiger partial charge in [0.25, 0.3) is 20.1 Å². The zero-order chi connectivity index (χ0) is 33.6. The maximum atomic E-state index is 13.2. The van der Waals surface area contributed by atoms with Crippen LogP contribution in [0.25, 0.3) is 11.2 Å². The number of carbonyl (C=O) groups is 2. The third kappa shape index (κ3) is 5.11. The van der Waals surface area contributed by atoms with Crippen molar-refractivity contribution in [3.05, 3.63) is 109 Å². The van der Waals surface area contributed by atoms with Crippen molar-refractivity contribution in [3.8, 4) is 0 Å². The summed E-state index contributed by atoms with van der Waals surface area (Å²) in [6.45, 7) is 6.36. The molecule has 0 unspecified atom stereocenters. The molecular formula is C35H36N6O6Si. The lowest BCUT2D eigenvalue weighted by Gasteiger charge is -2.45. The average Bonchev–Trinajstić information content (AvgIpc) is 3.75. The van der Waals surface area contributed by atoms with Gasteiger partial charge in [0.1, 0.15) is 36.8 Å². The van der Waals surface area contributed by atoms with Gasteiger partial charge in [0.2, 0.25) is 0 Å². The van der Waals surface area contributed by atoms with Crippen LogP contribution in [-0.4, -0.2) is 76.7 Å². The Hall–Kier alpha value is -4.79. The fourth-order valence-corrected chi connectivity index (χ4v) is 11.6. The number of methoxy groups -OCH3 is 1. The number of rotatable bonds is 9. The maximum absolute atomic E-state index is 13.2. The number of carbonyl (C=O) groups excluding carboxylic acids is 2. The minimum atomic E-state index is -3.16. The second-order valence-electron chi connectivity index (χ2n) is 12.8. The summed E-state index contributed by atoms with van der Waals surface area (Å²) in [6, 6.07) is 27.1. The predicted octanol–water partition coefficient (Wildman–Crippen LogP) is 3.49. The molecule has 1 fully saturated rings. The molecule has 13 heteroatoms.